The molecule has 1 amide bonds. The Bertz CT molecular complexity index is 922. The highest BCUT2D eigenvalue weighted by Crippen LogP contribution is 2.17. The molecule has 1 atom stereocenters. The van der Waals surface area contributed by atoms with Crippen LogP contribution < -0.4 is 5.32 Å². The summed E-state index contributed by atoms with van der Waals surface area (Å²) in [5.41, 5.74) is 0.684. The molecule has 1 saturated heterocycles. The second kappa shape index (κ2) is 8.39. The first-order valence-electron chi connectivity index (χ1n) is 9.50. The van der Waals surface area contributed by atoms with Crippen LogP contribution >= 0.6 is 0 Å². The molecule has 0 radical (unpaired) electrons. The van der Waals surface area contributed by atoms with E-state index in [1.807, 2.05) is 24.4 Å². The molecule has 0 saturated carbocycles. The van der Waals surface area contributed by atoms with Crippen LogP contribution in [0.3, 0.4) is 0 Å². The lowest BCUT2D eigenvalue weighted by atomic mass is 10.0. The van der Waals surface area contributed by atoms with Crippen molar-refractivity contribution in [2.75, 3.05) is 13.1 Å². The normalized spacial score (nSPS) is 17.5. The van der Waals surface area contributed by atoms with Crippen LogP contribution in [0.25, 0.3) is 0 Å². The number of hydrogen-bond acceptors (Lipinski definition) is 4. The lowest BCUT2D eigenvalue weighted by Crippen LogP contribution is -2.47. The molecule has 2 aromatic heterocycles. The summed E-state index contributed by atoms with van der Waals surface area (Å²) in [7, 11) is 0. The smallest absolute Gasteiger partial charge is 0.287 e. The molecule has 0 aliphatic carbocycles. The number of amides is 1. The second-order valence-electron chi connectivity index (χ2n) is 7.11. The van der Waals surface area contributed by atoms with Crippen molar-refractivity contribution in [1.29, 1.82) is 0 Å². The van der Waals surface area contributed by atoms with E-state index in [1.165, 1.54) is 6.07 Å². The fourth-order valence-electron chi connectivity index (χ4n) is 3.58. The summed E-state index contributed by atoms with van der Waals surface area (Å²) in [5.74, 6) is 0.575. The van der Waals surface area contributed by atoms with Crippen molar-refractivity contribution in [3.8, 4) is 0 Å². The number of benzene rings is 1. The van der Waals surface area contributed by atoms with Gasteiger partial charge in [-0.05, 0) is 43.7 Å². The van der Waals surface area contributed by atoms with Crippen LogP contribution in [0.2, 0.25) is 0 Å². The topological polar surface area (TPSA) is 63.3 Å². The van der Waals surface area contributed by atoms with Crippen molar-refractivity contribution in [2.45, 2.75) is 32.0 Å². The molecule has 3 aromatic rings. The Morgan fingerprint density at radius 2 is 2.11 bits per heavy atom. The third-order valence-electron chi connectivity index (χ3n) is 4.95. The number of carbonyl (C=O) groups excluding carboxylic acids is 1. The van der Waals surface area contributed by atoms with Gasteiger partial charge in [-0.2, -0.15) is 5.10 Å². The minimum atomic E-state index is -0.218. The molecule has 1 aliphatic heterocycles. The zero-order valence-corrected chi connectivity index (χ0v) is 15.6. The Hall–Kier alpha value is -2.93. The Kier molecular flexibility index (Phi) is 5.53. The molecule has 0 spiro atoms. The minimum absolute atomic E-state index is 0.0210. The molecule has 1 fully saturated rings. The number of aromatic nitrogens is 2. The largest absolute Gasteiger partial charge is 0.454 e. The number of nitrogens with zero attached hydrogens (tertiary/aromatic N) is 3. The number of hydrogen-bond donors (Lipinski definition) is 1. The monoisotopic (exact) mass is 382 g/mol. The van der Waals surface area contributed by atoms with Crippen LogP contribution in [0.4, 0.5) is 4.39 Å². The summed E-state index contributed by atoms with van der Waals surface area (Å²) in [6.07, 6.45) is 5.41. The highest BCUT2D eigenvalue weighted by molar-refractivity contribution is 5.91. The Balaban J connectivity index is 1.33. The number of likely N-dealkylation sites (tertiary alicyclic amines) is 1. The highest BCUT2D eigenvalue weighted by Gasteiger charge is 2.23. The number of halogens is 1. The first-order valence-corrected chi connectivity index (χ1v) is 9.50. The average Bonchev–Trinajstić information content (AvgIpc) is 3.37. The first kappa shape index (κ1) is 18.4. The molecule has 0 unspecified atom stereocenters. The predicted molar refractivity (Wildman–Crippen MR) is 102 cm³/mol. The molecule has 3 heterocycles. The van der Waals surface area contributed by atoms with Gasteiger partial charge in [-0.3, -0.25) is 14.4 Å². The van der Waals surface area contributed by atoms with E-state index in [2.05, 4.69) is 15.3 Å². The molecular formula is C21H23FN4O2. The number of furan rings is 1. The number of carbonyl (C=O) groups is 1. The fraction of sp³-hybridized carbons (Fsp3) is 0.333. The van der Waals surface area contributed by atoms with Gasteiger partial charge in [0.15, 0.2) is 5.76 Å². The molecular weight excluding hydrogens is 359 g/mol. The molecule has 6 nitrogen and oxygen atoms in total. The molecule has 1 aliphatic rings. The van der Waals surface area contributed by atoms with Gasteiger partial charge in [0.1, 0.15) is 11.6 Å². The van der Waals surface area contributed by atoms with Crippen LogP contribution in [0.1, 0.15) is 34.7 Å². The van der Waals surface area contributed by atoms with Crippen molar-refractivity contribution in [3.63, 3.8) is 0 Å². The van der Waals surface area contributed by atoms with Crippen LogP contribution in [0.5, 0.6) is 0 Å². The average molecular weight is 382 g/mol. The van der Waals surface area contributed by atoms with Gasteiger partial charge in [-0.25, -0.2) is 4.39 Å². The Morgan fingerprint density at radius 1 is 1.21 bits per heavy atom. The zero-order valence-electron chi connectivity index (χ0n) is 15.6. The molecule has 146 valence electrons. The van der Waals surface area contributed by atoms with E-state index >= 15 is 0 Å². The summed E-state index contributed by atoms with van der Waals surface area (Å²) in [6, 6.07) is 12.2. The van der Waals surface area contributed by atoms with Gasteiger partial charge in [0.25, 0.3) is 5.91 Å². The molecule has 1 N–H and O–H groups in total. The van der Waals surface area contributed by atoms with E-state index in [9.17, 15) is 9.18 Å². The van der Waals surface area contributed by atoms with Crippen molar-refractivity contribution in [3.05, 3.63) is 77.8 Å². The van der Waals surface area contributed by atoms with Gasteiger partial charge in [0.2, 0.25) is 0 Å². The van der Waals surface area contributed by atoms with Gasteiger partial charge in [-0.1, -0.05) is 18.2 Å². The van der Waals surface area contributed by atoms with Crippen molar-refractivity contribution < 1.29 is 13.6 Å². The maximum absolute atomic E-state index is 13.9. The number of rotatable bonds is 6. The first-order chi connectivity index (χ1) is 13.7. The van der Waals surface area contributed by atoms with Crippen molar-refractivity contribution in [1.82, 2.24) is 20.0 Å². The molecule has 1 aromatic carbocycles. The molecule has 7 heteroatoms. The van der Waals surface area contributed by atoms with Crippen LogP contribution in [-0.2, 0) is 13.1 Å². The van der Waals surface area contributed by atoms with E-state index in [0.29, 0.717) is 36.7 Å². The Labute approximate surface area is 162 Å². The van der Waals surface area contributed by atoms with E-state index < -0.39 is 0 Å². The SMILES string of the molecule is O=C(N[C@@H]1CCCN(Cc2ccccc2F)C1)c1ccc(Cn2cccn2)o1. The summed E-state index contributed by atoms with van der Waals surface area (Å²) in [6.45, 7) is 2.63. The highest BCUT2D eigenvalue weighted by atomic mass is 19.1. The Morgan fingerprint density at radius 3 is 2.93 bits per heavy atom. The maximum atomic E-state index is 13.9. The number of piperidine rings is 1. The lowest BCUT2D eigenvalue weighted by molar-refractivity contribution is 0.0870. The van der Waals surface area contributed by atoms with Gasteiger partial charge >= 0.3 is 0 Å². The quantitative estimate of drug-likeness (QED) is 0.712. The fourth-order valence-corrected chi connectivity index (χ4v) is 3.58. The second-order valence-corrected chi connectivity index (χ2v) is 7.11. The standard InChI is InChI=1S/C21H23FN4O2/c22-19-7-2-1-5-16(19)13-25-11-3-6-17(14-25)24-21(27)20-9-8-18(28-20)15-26-12-4-10-23-26/h1-2,4-5,7-10,12,17H,3,6,11,13-15H2,(H,24,27)/t17-/m1/s1. The molecule has 28 heavy (non-hydrogen) atoms. The van der Waals surface area contributed by atoms with E-state index in [-0.39, 0.29) is 17.8 Å². The van der Waals surface area contributed by atoms with Gasteiger partial charge in [0.05, 0.1) is 6.54 Å². The van der Waals surface area contributed by atoms with E-state index in [0.717, 1.165) is 19.4 Å². The van der Waals surface area contributed by atoms with Gasteiger partial charge in [-0.15, -0.1) is 0 Å². The maximum Gasteiger partial charge on any atom is 0.287 e. The summed E-state index contributed by atoms with van der Waals surface area (Å²) in [5, 5.41) is 7.18. The van der Waals surface area contributed by atoms with Crippen LogP contribution in [-0.4, -0.2) is 39.7 Å². The van der Waals surface area contributed by atoms with Crippen LogP contribution in [0.15, 0.2) is 59.3 Å². The zero-order chi connectivity index (χ0) is 19.3. The lowest BCUT2D eigenvalue weighted by Gasteiger charge is -2.33. The van der Waals surface area contributed by atoms with E-state index in [4.69, 9.17) is 4.42 Å². The minimum Gasteiger partial charge on any atom is -0.454 e. The third-order valence-corrected chi connectivity index (χ3v) is 4.95. The number of nitrogens with one attached hydrogen (secondary N) is 1. The summed E-state index contributed by atoms with van der Waals surface area (Å²) < 4.78 is 21.3. The van der Waals surface area contributed by atoms with Crippen molar-refractivity contribution in [2.24, 2.45) is 0 Å². The predicted octanol–water partition coefficient (Wildman–Crippen LogP) is 3.06. The third kappa shape index (κ3) is 4.48. The summed E-state index contributed by atoms with van der Waals surface area (Å²) in [4.78, 5) is 14.7. The van der Waals surface area contributed by atoms with Gasteiger partial charge in [0, 0.05) is 37.1 Å². The van der Waals surface area contributed by atoms with Crippen molar-refractivity contribution >= 4 is 5.91 Å². The van der Waals surface area contributed by atoms with Crippen LogP contribution in [0, 0.1) is 5.82 Å². The van der Waals surface area contributed by atoms with E-state index in [1.54, 1.807) is 29.1 Å². The summed E-state index contributed by atoms with van der Waals surface area (Å²) >= 11 is 0. The molecule has 4 rings (SSSR count). The van der Waals surface area contributed by atoms with Gasteiger partial charge < -0.3 is 9.73 Å². The molecule has 0 bridgehead atoms.